The van der Waals surface area contributed by atoms with Crippen LogP contribution >= 0.6 is 11.6 Å². The molecule has 0 spiro atoms. The summed E-state index contributed by atoms with van der Waals surface area (Å²) < 4.78 is 63.5. The number of benzene rings is 4. The van der Waals surface area contributed by atoms with Crippen molar-refractivity contribution in [1.82, 2.24) is 24.9 Å². The fourth-order valence-corrected chi connectivity index (χ4v) is 13.1. The number of aryl methyl sites for hydroxylation is 3. The van der Waals surface area contributed by atoms with E-state index in [4.69, 9.17) is 17.3 Å². The first kappa shape index (κ1) is 58.3. The van der Waals surface area contributed by atoms with Gasteiger partial charge in [-0.3, -0.25) is 4.68 Å². The molecule has 410 valence electrons. The molecule has 3 aliphatic heterocycles. The van der Waals surface area contributed by atoms with Crippen molar-refractivity contribution in [3.8, 4) is 11.1 Å². The molecule has 5 aromatic rings. The molecule has 2 aliphatic carbocycles. The Balaban J connectivity index is 0.000000186. The van der Waals surface area contributed by atoms with Gasteiger partial charge in [0.1, 0.15) is 28.8 Å². The minimum atomic E-state index is -0.515. The summed E-state index contributed by atoms with van der Waals surface area (Å²) in [5, 5.41) is 8.15. The number of halogens is 5. The second kappa shape index (κ2) is 25.4. The first-order chi connectivity index (χ1) is 36.3. The molecule has 4 heterocycles. The van der Waals surface area contributed by atoms with Crippen LogP contribution in [0.5, 0.6) is 0 Å². The number of nitrogens with zero attached hydrogens (tertiary/aromatic N) is 5. The van der Waals surface area contributed by atoms with E-state index in [1.54, 1.807) is 13.1 Å². The molecule has 0 amide bonds. The minimum Gasteiger partial charge on any atom is -0.405 e. The van der Waals surface area contributed by atoms with Crippen molar-refractivity contribution in [1.29, 1.82) is 0 Å². The fraction of sp³-hybridized carbons (Fsp3) is 0.476. The lowest BCUT2D eigenvalue weighted by Gasteiger charge is -2.46. The van der Waals surface area contributed by atoms with Crippen LogP contribution in [0.2, 0.25) is 5.02 Å². The Kier molecular flexibility index (Phi) is 19.5. The quantitative estimate of drug-likeness (QED) is 0.105. The first-order valence-electron chi connectivity index (χ1n) is 27.6. The predicted octanol–water partition coefficient (Wildman–Crippen LogP) is 14.2. The number of likely N-dealkylation sites (tertiary alicyclic amines) is 2. The number of allylic oxidation sites excluding steroid dienone is 1. The van der Waals surface area contributed by atoms with E-state index in [2.05, 4.69) is 98.3 Å². The number of fused-ring (bicyclic) bond motifs is 2. The third-order valence-electron chi connectivity index (χ3n) is 17.5. The average Bonchev–Trinajstić information content (AvgIpc) is 3.95. The zero-order valence-electron chi connectivity index (χ0n) is 46.2. The van der Waals surface area contributed by atoms with Gasteiger partial charge < -0.3 is 31.5 Å². The maximum absolute atomic E-state index is 15.9. The molecule has 0 bridgehead atoms. The average molecular weight is 1060 g/mol. The van der Waals surface area contributed by atoms with Gasteiger partial charge in [0.05, 0.1) is 10.4 Å². The van der Waals surface area contributed by atoms with Crippen LogP contribution in [0, 0.1) is 36.1 Å². The van der Waals surface area contributed by atoms with Gasteiger partial charge in [0.2, 0.25) is 0 Å². The summed E-state index contributed by atoms with van der Waals surface area (Å²) in [6.45, 7) is 28.1. The number of hydrogen-bond donors (Lipinski definition) is 3. The topological polar surface area (TPSA) is 91.6 Å². The molecule has 0 radical (unpaired) electrons. The Labute approximate surface area is 455 Å². The highest BCUT2D eigenvalue weighted by molar-refractivity contribution is 6.34. The van der Waals surface area contributed by atoms with Crippen molar-refractivity contribution < 1.29 is 17.6 Å². The lowest BCUT2D eigenvalue weighted by atomic mass is 9.71. The van der Waals surface area contributed by atoms with Crippen LogP contribution in [0.1, 0.15) is 137 Å². The molecule has 5 N–H and O–H groups in total. The van der Waals surface area contributed by atoms with E-state index in [9.17, 15) is 4.39 Å². The lowest BCUT2D eigenvalue weighted by molar-refractivity contribution is 0.0402. The molecule has 1 saturated carbocycles. The molecule has 5 aliphatic rings. The van der Waals surface area contributed by atoms with Crippen LogP contribution in [-0.4, -0.2) is 70.9 Å². The summed E-state index contributed by atoms with van der Waals surface area (Å²) in [5.74, 6) is 0.0631. The van der Waals surface area contributed by atoms with Crippen molar-refractivity contribution in [3.05, 3.63) is 166 Å². The molecule has 4 aromatic carbocycles. The van der Waals surface area contributed by atoms with E-state index in [0.29, 0.717) is 89.7 Å². The molecule has 5 atom stereocenters. The standard InChI is InChI=1S/C27H38F2N6.C26H26ClF2N.C8H14.C2H5N/c1-16-7-12-35(19(4)30-16)27-22-15-23(28)24(25(29)26(22)33(6)31-27)20-8-10-34(11-9-20)21-13-17(2)32(5)18(3)14-21;1-4-17-11-10-15(2)21(25(17)29)23-22-16(3)26(14-30,19-8-6-5-7-9-19)13-18(22)12-20(28)24(23)27;1-2-8-6-4-3-5-7-8;1-2-3/h15,17-18,20-21,30H,1,4,7-14H2,2-3,5-6H3;5-12,16H,4,13-14,30H2,1-3H3;2,8H,1,3-7H2;2H,1,3H2/t17-,18?,21?;16-,26+;;/m00../s1. The number of aromatic nitrogens is 2. The van der Waals surface area contributed by atoms with Gasteiger partial charge in [0.25, 0.3) is 0 Å². The number of piperidine rings is 2. The van der Waals surface area contributed by atoms with E-state index >= 15 is 13.2 Å². The van der Waals surface area contributed by atoms with Crippen LogP contribution in [0.15, 0.2) is 105 Å². The third kappa shape index (κ3) is 11.9. The number of anilines is 1. The SMILES string of the molecule is C=C1CCN(c2nn(C)c3c(F)c(C4CCN(C5CC(C)N(C)[C@@H](C)C5)CC4)c(F)cc23)C(=C)N1.C=CC1CCCCC1.C=CN.CCc1ccc(C)c(-c2c(Cl)c(F)cc3c2[C@H](C)[C@@](CN)(c2ccccc2)C3)c1F. The number of rotatable bonds is 8. The number of hydrogen-bond acceptors (Lipinski definition) is 7. The highest BCUT2D eigenvalue weighted by atomic mass is 35.5. The molecule has 2 unspecified atom stereocenters. The summed E-state index contributed by atoms with van der Waals surface area (Å²) in [6, 6.07) is 18.4. The molecule has 13 heteroatoms. The van der Waals surface area contributed by atoms with E-state index < -0.39 is 17.5 Å². The van der Waals surface area contributed by atoms with Gasteiger partial charge >= 0.3 is 0 Å². The van der Waals surface area contributed by atoms with Crippen LogP contribution in [-0.2, 0) is 25.3 Å². The van der Waals surface area contributed by atoms with Gasteiger partial charge in [0, 0.05) is 72.5 Å². The summed E-state index contributed by atoms with van der Waals surface area (Å²) in [5.41, 5.74) is 17.1. The van der Waals surface area contributed by atoms with Crippen LogP contribution in [0.25, 0.3) is 22.0 Å². The van der Waals surface area contributed by atoms with Gasteiger partial charge in [-0.2, -0.15) is 5.10 Å². The van der Waals surface area contributed by atoms with Gasteiger partial charge in [-0.05, 0) is 156 Å². The highest BCUT2D eigenvalue weighted by Crippen LogP contribution is 2.54. The summed E-state index contributed by atoms with van der Waals surface area (Å²) >= 11 is 6.53. The summed E-state index contributed by atoms with van der Waals surface area (Å²) in [4.78, 5) is 6.88. The Morgan fingerprint density at radius 2 is 1.49 bits per heavy atom. The molecule has 10 rings (SSSR count). The first-order valence-corrected chi connectivity index (χ1v) is 27.9. The Morgan fingerprint density at radius 3 is 2.07 bits per heavy atom. The molecule has 3 saturated heterocycles. The van der Waals surface area contributed by atoms with Gasteiger partial charge in [-0.1, -0.05) is 113 Å². The maximum Gasteiger partial charge on any atom is 0.164 e. The number of nitrogens with one attached hydrogen (secondary N) is 1. The van der Waals surface area contributed by atoms with E-state index in [-0.39, 0.29) is 33.7 Å². The zero-order valence-corrected chi connectivity index (χ0v) is 47.0. The second-order valence-electron chi connectivity index (χ2n) is 22.0. The van der Waals surface area contributed by atoms with Crippen molar-refractivity contribution in [3.63, 3.8) is 0 Å². The lowest BCUT2D eigenvalue weighted by Crippen LogP contribution is -2.52. The highest BCUT2D eigenvalue weighted by Gasteiger charge is 2.47. The largest absolute Gasteiger partial charge is 0.405 e. The van der Waals surface area contributed by atoms with Crippen molar-refractivity contribution in [2.24, 2.45) is 24.4 Å². The summed E-state index contributed by atoms with van der Waals surface area (Å²) in [6.07, 6.45) is 16.2. The molecule has 1 aromatic heterocycles. The second-order valence-corrected chi connectivity index (χ2v) is 22.4. The Morgan fingerprint density at radius 1 is 0.842 bits per heavy atom. The van der Waals surface area contributed by atoms with Crippen molar-refractivity contribution in [2.45, 2.75) is 147 Å². The Bertz CT molecular complexity index is 2860. The molecule has 76 heavy (non-hydrogen) atoms. The Hall–Kier alpha value is -5.40. The van der Waals surface area contributed by atoms with E-state index in [1.165, 1.54) is 55.1 Å². The van der Waals surface area contributed by atoms with Crippen LogP contribution < -0.4 is 21.7 Å². The predicted molar refractivity (Wildman–Crippen MR) is 309 cm³/mol. The minimum absolute atomic E-state index is 0.0169. The monoisotopic (exact) mass is 1060 g/mol. The normalized spacial score (nSPS) is 23.4. The fourth-order valence-electron chi connectivity index (χ4n) is 12.9. The number of nitrogens with two attached hydrogens (primary N) is 2. The molecule has 8 nitrogen and oxygen atoms in total. The molecular formula is C63H83ClF4N8. The molecular weight excluding hydrogens is 980 g/mol. The van der Waals surface area contributed by atoms with Crippen LogP contribution in [0.3, 0.4) is 0 Å². The van der Waals surface area contributed by atoms with Gasteiger partial charge in [0.15, 0.2) is 11.6 Å². The van der Waals surface area contributed by atoms with Crippen molar-refractivity contribution in [2.75, 3.05) is 38.1 Å². The molecule has 4 fully saturated rings. The van der Waals surface area contributed by atoms with E-state index in [1.807, 2.05) is 43.0 Å². The van der Waals surface area contributed by atoms with Gasteiger partial charge in [-0.25, -0.2) is 17.6 Å². The van der Waals surface area contributed by atoms with Gasteiger partial charge in [-0.15, -0.1) is 6.58 Å². The summed E-state index contributed by atoms with van der Waals surface area (Å²) in [7, 11) is 3.93. The van der Waals surface area contributed by atoms with Crippen LogP contribution in [0.4, 0.5) is 23.4 Å². The third-order valence-corrected chi connectivity index (χ3v) is 17.9. The maximum atomic E-state index is 15.9. The zero-order chi connectivity index (χ0) is 55.2. The van der Waals surface area contributed by atoms with Crippen molar-refractivity contribution >= 4 is 28.3 Å². The smallest absolute Gasteiger partial charge is 0.164 e. The van der Waals surface area contributed by atoms with E-state index in [0.717, 1.165) is 72.6 Å².